The minimum absolute atomic E-state index is 0.0688. The maximum absolute atomic E-state index is 11.7. The van der Waals surface area contributed by atoms with Gasteiger partial charge in [0.15, 0.2) is 0 Å². The smallest absolute Gasteiger partial charge is 0.238 e. The molecule has 1 amide bonds. The van der Waals surface area contributed by atoms with Gasteiger partial charge in [-0.15, -0.1) is 0 Å². The van der Waals surface area contributed by atoms with Gasteiger partial charge in [-0.1, -0.05) is 19.8 Å². The Hall–Kier alpha value is -1.29. The largest absolute Gasteiger partial charge is 0.330 e. The second-order valence-electron chi connectivity index (χ2n) is 4.40. The lowest BCUT2D eigenvalue weighted by molar-refractivity contribution is -0.117. The Morgan fingerprint density at radius 3 is 2.59 bits per heavy atom. The van der Waals surface area contributed by atoms with E-state index < -0.39 is 0 Å². The van der Waals surface area contributed by atoms with Crippen LogP contribution in [0.3, 0.4) is 0 Å². The summed E-state index contributed by atoms with van der Waals surface area (Å²) in [6, 6.07) is 3.77. The van der Waals surface area contributed by atoms with E-state index in [9.17, 15) is 4.79 Å². The molecule has 0 fully saturated rings. The SMILES string of the molecule is CCCC(CCN)CCC(=O)Nn1cccc1. The monoisotopic (exact) mass is 237 g/mol. The zero-order valence-corrected chi connectivity index (χ0v) is 10.6. The van der Waals surface area contributed by atoms with E-state index in [0.717, 1.165) is 25.7 Å². The number of hydrogen-bond acceptors (Lipinski definition) is 2. The molecule has 4 nitrogen and oxygen atoms in total. The van der Waals surface area contributed by atoms with Crippen LogP contribution in [0.4, 0.5) is 0 Å². The molecule has 0 spiro atoms. The third kappa shape index (κ3) is 5.54. The third-order valence-corrected chi connectivity index (χ3v) is 2.91. The van der Waals surface area contributed by atoms with E-state index in [1.54, 1.807) is 4.68 Å². The van der Waals surface area contributed by atoms with Gasteiger partial charge in [0.05, 0.1) is 0 Å². The third-order valence-electron chi connectivity index (χ3n) is 2.91. The minimum Gasteiger partial charge on any atom is -0.330 e. The fraction of sp³-hybridized carbons (Fsp3) is 0.615. The molecule has 1 heterocycles. The molecular formula is C13H23N3O. The van der Waals surface area contributed by atoms with Gasteiger partial charge in [0, 0.05) is 18.8 Å². The fourth-order valence-corrected chi connectivity index (χ4v) is 2.02. The lowest BCUT2D eigenvalue weighted by Crippen LogP contribution is -2.22. The standard InChI is InChI=1S/C13H23N3O/c1-2-5-12(8-9-14)6-7-13(17)15-16-10-3-4-11-16/h3-4,10-12H,2,5-9,14H2,1H3,(H,15,17). The number of carbonyl (C=O) groups excluding carboxylic acids is 1. The lowest BCUT2D eigenvalue weighted by atomic mass is 9.94. The number of rotatable bonds is 8. The molecule has 3 N–H and O–H groups in total. The molecule has 0 aliphatic rings. The van der Waals surface area contributed by atoms with Crippen LogP contribution in [-0.4, -0.2) is 17.1 Å². The van der Waals surface area contributed by atoms with Gasteiger partial charge in [-0.2, -0.15) is 0 Å². The second kappa shape index (κ2) is 7.90. The average molecular weight is 237 g/mol. The predicted octanol–water partition coefficient (Wildman–Crippen LogP) is 2.10. The van der Waals surface area contributed by atoms with Crippen molar-refractivity contribution in [3.8, 4) is 0 Å². The number of nitrogens with one attached hydrogen (secondary N) is 1. The minimum atomic E-state index is 0.0688. The Morgan fingerprint density at radius 1 is 1.29 bits per heavy atom. The van der Waals surface area contributed by atoms with Crippen LogP contribution < -0.4 is 11.2 Å². The number of hydrogen-bond donors (Lipinski definition) is 2. The molecule has 0 saturated heterocycles. The summed E-state index contributed by atoms with van der Waals surface area (Å²) in [5.41, 5.74) is 8.38. The molecule has 0 radical (unpaired) electrons. The maximum Gasteiger partial charge on any atom is 0.238 e. The molecule has 1 atom stereocenters. The van der Waals surface area contributed by atoms with E-state index in [4.69, 9.17) is 5.73 Å². The van der Waals surface area contributed by atoms with Crippen LogP contribution in [0.2, 0.25) is 0 Å². The van der Waals surface area contributed by atoms with Crippen LogP contribution in [0.15, 0.2) is 24.5 Å². The highest BCUT2D eigenvalue weighted by atomic mass is 16.2. The van der Waals surface area contributed by atoms with Crippen molar-refractivity contribution >= 4 is 5.91 Å². The Morgan fingerprint density at radius 2 is 2.00 bits per heavy atom. The summed E-state index contributed by atoms with van der Waals surface area (Å²) in [5.74, 6) is 0.653. The first-order valence-corrected chi connectivity index (χ1v) is 6.39. The number of nitrogens with two attached hydrogens (primary N) is 1. The van der Waals surface area contributed by atoms with Crippen molar-refractivity contribution in [2.24, 2.45) is 11.7 Å². The molecule has 0 aliphatic heterocycles. The normalized spacial score (nSPS) is 12.4. The van der Waals surface area contributed by atoms with Gasteiger partial charge in [0.25, 0.3) is 0 Å². The summed E-state index contributed by atoms with van der Waals surface area (Å²) in [6.45, 7) is 2.88. The maximum atomic E-state index is 11.7. The molecule has 0 aromatic carbocycles. The van der Waals surface area contributed by atoms with Crippen LogP contribution >= 0.6 is 0 Å². The van der Waals surface area contributed by atoms with E-state index >= 15 is 0 Å². The van der Waals surface area contributed by atoms with Gasteiger partial charge in [0.1, 0.15) is 0 Å². The van der Waals surface area contributed by atoms with E-state index in [2.05, 4.69) is 12.3 Å². The van der Waals surface area contributed by atoms with Crippen LogP contribution in [-0.2, 0) is 4.79 Å². The van der Waals surface area contributed by atoms with Crippen molar-refractivity contribution in [1.82, 2.24) is 4.68 Å². The molecular weight excluding hydrogens is 214 g/mol. The highest BCUT2D eigenvalue weighted by molar-refractivity contribution is 5.83. The van der Waals surface area contributed by atoms with Gasteiger partial charge in [-0.05, 0) is 37.4 Å². The average Bonchev–Trinajstić information content (AvgIpc) is 2.79. The Labute approximate surface area is 103 Å². The molecule has 1 rings (SSSR count). The first kappa shape index (κ1) is 13.8. The number of amides is 1. The quantitative estimate of drug-likeness (QED) is 0.727. The van der Waals surface area contributed by atoms with Crippen LogP contribution in [0.5, 0.6) is 0 Å². The Bertz CT molecular complexity index is 302. The van der Waals surface area contributed by atoms with Crippen molar-refractivity contribution in [3.05, 3.63) is 24.5 Å². The van der Waals surface area contributed by atoms with Crippen LogP contribution in [0.1, 0.15) is 39.0 Å². The zero-order chi connectivity index (χ0) is 12.5. The Kier molecular flexibility index (Phi) is 6.40. The molecule has 1 aromatic rings. The highest BCUT2D eigenvalue weighted by Crippen LogP contribution is 2.16. The first-order chi connectivity index (χ1) is 8.26. The molecule has 0 bridgehead atoms. The van der Waals surface area contributed by atoms with Gasteiger partial charge < -0.3 is 5.73 Å². The molecule has 0 aliphatic carbocycles. The van der Waals surface area contributed by atoms with Crippen molar-refractivity contribution in [3.63, 3.8) is 0 Å². The summed E-state index contributed by atoms with van der Waals surface area (Å²) in [5, 5.41) is 0. The molecule has 1 aromatic heterocycles. The van der Waals surface area contributed by atoms with Gasteiger partial charge >= 0.3 is 0 Å². The summed E-state index contributed by atoms with van der Waals surface area (Å²) in [7, 11) is 0. The first-order valence-electron chi connectivity index (χ1n) is 6.39. The summed E-state index contributed by atoms with van der Waals surface area (Å²) in [6.07, 6.45) is 8.48. The fourth-order valence-electron chi connectivity index (χ4n) is 2.02. The molecule has 0 saturated carbocycles. The van der Waals surface area contributed by atoms with E-state index in [1.165, 1.54) is 0 Å². The van der Waals surface area contributed by atoms with E-state index in [-0.39, 0.29) is 5.91 Å². The van der Waals surface area contributed by atoms with Crippen molar-refractivity contribution in [2.45, 2.75) is 39.0 Å². The lowest BCUT2D eigenvalue weighted by Gasteiger charge is -2.14. The highest BCUT2D eigenvalue weighted by Gasteiger charge is 2.09. The molecule has 96 valence electrons. The van der Waals surface area contributed by atoms with E-state index in [1.807, 2.05) is 24.5 Å². The summed E-state index contributed by atoms with van der Waals surface area (Å²) >= 11 is 0. The van der Waals surface area contributed by atoms with Crippen molar-refractivity contribution < 1.29 is 4.79 Å². The molecule has 1 unspecified atom stereocenters. The van der Waals surface area contributed by atoms with Crippen LogP contribution in [0.25, 0.3) is 0 Å². The zero-order valence-electron chi connectivity index (χ0n) is 10.6. The van der Waals surface area contributed by atoms with Crippen molar-refractivity contribution in [2.75, 3.05) is 12.0 Å². The summed E-state index contributed by atoms with van der Waals surface area (Å²) < 4.78 is 1.68. The summed E-state index contributed by atoms with van der Waals surface area (Å²) in [4.78, 5) is 11.7. The topological polar surface area (TPSA) is 60.1 Å². The van der Waals surface area contributed by atoms with Crippen LogP contribution in [0, 0.1) is 5.92 Å². The Balaban J connectivity index is 2.25. The number of aromatic nitrogens is 1. The number of nitrogens with zero attached hydrogens (tertiary/aromatic N) is 1. The van der Waals surface area contributed by atoms with E-state index in [0.29, 0.717) is 18.9 Å². The second-order valence-corrected chi connectivity index (χ2v) is 4.40. The van der Waals surface area contributed by atoms with Gasteiger partial charge in [-0.3, -0.25) is 14.9 Å². The molecule has 4 heteroatoms. The van der Waals surface area contributed by atoms with Gasteiger partial charge in [0.2, 0.25) is 5.91 Å². The van der Waals surface area contributed by atoms with Gasteiger partial charge in [-0.25, -0.2) is 0 Å². The molecule has 17 heavy (non-hydrogen) atoms. The predicted molar refractivity (Wildman–Crippen MR) is 70.1 cm³/mol. The number of carbonyl (C=O) groups is 1. The van der Waals surface area contributed by atoms with Crippen molar-refractivity contribution in [1.29, 1.82) is 0 Å².